The Balaban J connectivity index is 1.64. The van der Waals surface area contributed by atoms with Crippen molar-refractivity contribution in [2.45, 2.75) is 17.7 Å². The molecule has 1 aromatic heterocycles. The van der Waals surface area contributed by atoms with Gasteiger partial charge in [-0.3, -0.25) is 0 Å². The number of sulfonamides is 1. The normalized spacial score (nSPS) is 15.8. The molecule has 1 aliphatic heterocycles. The molecule has 0 aliphatic carbocycles. The number of para-hydroxylation sites is 1. The summed E-state index contributed by atoms with van der Waals surface area (Å²) in [6.07, 6.45) is 0. The summed E-state index contributed by atoms with van der Waals surface area (Å²) in [4.78, 5) is 10.4. The van der Waals surface area contributed by atoms with E-state index >= 15 is 0 Å². The lowest BCUT2D eigenvalue weighted by molar-refractivity contribution is 0.372. The predicted molar refractivity (Wildman–Crippen MR) is 120 cm³/mol. The summed E-state index contributed by atoms with van der Waals surface area (Å²) >= 11 is 1.28. The molecule has 0 spiro atoms. The van der Waals surface area contributed by atoms with Gasteiger partial charge in [-0.25, -0.2) is 17.7 Å². The minimum absolute atomic E-state index is 0.356. The number of hydrogen-bond acceptors (Lipinski definition) is 5. The average molecular weight is 436 g/mol. The molecule has 1 saturated heterocycles. The zero-order chi connectivity index (χ0) is 20.9. The van der Waals surface area contributed by atoms with Crippen LogP contribution in [-0.4, -0.2) is 70.4 Å². The molecule has 0 atom stereocenters. The average Bonchev–Trinajstić information content (AvgIpc) is 3.22. The summed E-state index contributed by atoms with van der Waals surface area (Å²) in [5, 5.41) is 3.37. The van der Waals surface area contributed by atoms with Gasteiger partial charge in [0.05, 0.1) is 6.54 Å². The van der Waals surface area contributed by atoms with E-state index in [2.05, 4.69) is 46.3 Å². The Bertz CT molecular complexity index is 917. The highest BCUT2D eigenvalue weighted by molar-refractivity contribution is 7.91. The second kappa shape index (κ2) is 9.60. The van der Waals surface area contributed by atoms with Gasteiger partial charge in [-0.05, 0) is 31.2 Å². The largest absolute Gasteiger partial charge is 0.368 e. The van der Waals surface area contributed by atoms with Gasteiger partial charge in [-0.2, -0.15) is 0 Å². The highest BCUT2D eigenvalue weighted by Gasteiger charge is 2.21. The van der Waals surface area contributed by atoms with Gasteiger partial charge in [0.1, 0.15) is 4.21 Å². The Morgan fingerprint density at radius 2 is 1.79 bits per heavy atom. The number of rotatable bonds is 6. The molecule has 1 aliphatic rings. The molecule has 3 rings (SSSR count). The molecule has 1 aromatic carbocycles. The third-order valence-corrected chi connectivity index (χ3v) is 8.14. The van der Waals surface area contributed by atoms with Crippen LogP contribution in [0.4, 0.5) is 5.69 Å². The van der Waals surface area contributed by atoms with Crippen LogP contribution in [0.25, 0.3) is 0 Å². The number of piperazine rings is 1. The van der Waals surface area contributed by atoms with Crippen LogP contribution in [0.3, 0.4) is 0 Å². The van der Waals surface area contributed by atoms with Gasteiger partial charge in [0, 0.05) is 57.4 Å². The summed E-state index contributed by atoms with van der Waals surface area (Å²) in [7, 11) is -0.292. The Hall–Kier alpha value is -2.10. The van der Waals surface area contributed by atoms with Crippen molar-refractivity contribution in [3.8, 4) is 0 Å². The fraction of sp³-hybridized carbons (Fsp3) is 0.450. The molecule has 7 nitrogen and oxygen atoms in total. The quantitative estimate of drug-likeness (QED) is 0.557. The second-order valence-electron chi connectivity index (χ2n) is 6.99. The number of aliphatic imine (C=N–C) groups is 1. The van der Waals surface area contributed by atoms with Crippen molar-refractivity contribution in [3.63, 3.8) is 0 Å². The van der Waals surface area contributed by atoms with Crippen molar-refractivity contribution in [2.24, 2.45) is 4.99 Å². The van der Waals surface area contributed by atoms with E-state index in [9.17, 15) is 8.42 Å². The van der Waals surface area contributed by atoms with E-state index in [4.69, 9.17) is 4.99 Å². The monoisotopic (exact) mass is 435 g/mol. The van der Waals surface area contributed by atoms with Gasteiger partial charge in [0.2, 0.25) is 0 Å². The SMILES string of the molecule is CCNC(=NCc1ccc(S(=O)(=O)N(C)C)s1)N1CCN(c2ccccc2)CC1. The van der Waals surface area contributed by atoms with Crippen LogP contribution in [-0.2, 0) is 16.6 Å². The van der Waals surface area contributed by atoms with Gasteiger partial charge in [-0.1, -0.05) is 18.2 Å². The highest BCUT2D eigenvalue weighted by atomic mass is 32.2. The topological polar surface area (TPSA) is 68.2 Å². The van der Waals surface area contributed by atoms with Gasteiger partial charge in [-0.15, -0.1) is 11.3 Å². The van der Waals surface area contributed by atoms with Gasteiger partial charge < -0.3 is 15.1 Å². The standard InChI is InChI=1S/C20H29N5O2S2/c1-4-21-20(22-16-18-10-11-19(28-18)29(26,27)23(2)3)25-14-12-24(13-15-25)17-8-6-5-7-9-17/h5-11H,4,12-16H2,1-3H3,(H,21,22). The second-order valence-corrected chi connectivity index (χ2v) is 10.5. The molecule has 0 radical (unpaired) electrons. The van der Waals surface area contributed by atoms with E-state index in [-0.39, 0.29) is 0 Å². The Labute approximate surface area is 177 Å². The van der Waals surface area contributed by atoms with Crippen molar-refractivity contribution >= 4 is 33.0 Å². The maximum atomic E-state index is 12.3. The molecule has 0 amide bonds. The molecule has 1 N–H and O–H groups in total. The Morgan fingerprint density at radius 3 is 2.41 bits per heavy atom. The summed E-state index contributed by atoms with van der Waals surface area (Å²) in [6.45, 7) is 6.99. The van der Waals surface area contributed by atoms with Gasteiger partial charge in [0.25, 0.3) is 10.0 Å². The summed E-state index contributed by atoms with van der Waals surface area (Å²) in [6, 6.07) is 14.0. The Kier molecular flexibility index (Phi) is 7.15. The third-order valence-electron chi connectivity index (χ3n) is 4.79. The van der Waals surface area contributed by atoms with Crippen LogP contribution in [0.5, 0.6) is 0 Å². The van der Waals surface area contributed by atoms with Gasteiger partial charge in [0.15, 0.2) is 5.96 Å². The number of nitrogens with zero attached hydrogens (tertiary/aromatic N) is 4. The lowest BCUT2D eigenvalue weighted by Gasteiger charge is -2.37. The van der Waals surface area contributed by atoms with Crippen LogP contribution in [0.1, 0.15) is 11.8 Å². The lowest BCUT2D eigenvalue weighted by Crippen LogP contribution is -2.52. The van der Waals surface area contributed by atoms with Crippen LogP contribution in [0.15, 0.2) is 51.7 Å². The molecule has 0 unspecified atom stereocenters. The van der Waals surface area contributed by atoms with E-state index in [0.717, 1.165) is 43.6 Å². The van der Waals surface area contributed by atoms with Crippen molar-refractivity contribution in [2.75, 3.05) is 51.7 Å². The fourth-order valence-corrected chi connectivity index (χ4v) is 5.60. The maximum Gasteiger partial charge on any atom is 0.252 e. The Morgan fingerprint density at radius 1 is 1.10 bits per heavy atom. The fourth-order valence-electron chi connectivity index (χ4n) is 3.16. The van der Waals surface area contributed by atoms with E-state index < -0.39 is 10.0 Å². The number of guanidine groups is 1. The number of benzene rings is 1. The highest BCUT2D eigenvalue weighted by Crippen LogP contribution is 2.24. The molecule has 158 valence electrons. The molecule has 29 heavy (non-hydrogen) atoms. The molecule has 2 heterocycles. The summed E-state index contributed by atoms with van der Waals surface area (Å²) < 4.78 is 26.1. The number of nitrogens with one attached hydrogen (secondary N) is 1. The summed E-state index contributed by atoms with van der Waals surface area (Å²) in [5.74, 6) is 0.880. The molecule has 0 saturated carbocycles. The molecular formula is C20H29N5O2S2. The van der Waals surface area contributed by atoms with E-state index in [0.29, 0.717) is 10.8 Å². The molecule has 2 aromatic rings. The van der Waals surface area contributed by atoms with Crippen molar-refractivity contribution < 1.29 is 8.42 Å². The zero-order valence-electron chi connectivity index (χ0n) is 17.2. The number of thiophene rings is 1. The first-order chi connectivity index (χ1) is 13.9. The molecule has 9 heteroatoms. The van der Waals surface area contributed by atoms with E-state index in [1.165, 1.54) is 21.3 Å². The first-order valence-corrected chi connectivity index (χ1v) is 12.0. The van der Waals surface area contributed by atoms with Gasteiger partial charge >= 0.3 is 0 Å². The summed E-state index contributed by atoms with van der Waals surface area (Å²) in [5.41, 5.74) is 1.25. The molecule has 0 bridgehead atoms. The van der Waals surface area contributed by atoms with Crippen molar-refractivity contribution in [1.29, 1.82) is 0 Å². The van der Waals surface area contributed by atoms with Crippen molar-refractivity contribution in [3.05, 3.63) is 47.3 Å². The molecule has 1 fully saturated rings. The first kappa shape index (κ1) is 21.6. The maximum absolute atomic E-state index is 12.3. The third kappa shape index (κ3) is 5.29. The smallest absolute Gasteiger partial charge is 0.252 e. The molecular weight excluding hydrogens is 406 g/mol. The lowest BCUT2D eigenvalue weighted by atomic mass is 10.2. The number of hydrogen-bond donors (Lipinski definition) is 1. The van der Waals surface area contributed by atoms with Crippen LogP contribution in [0.2, 0.25) is 0 Å². The van der Waals surface area contributed by atoms with Crippen LogP contribution < -0.4 is 10.2 Å². The minimum Gasteiger partial charge on any atom is -0.368 e. The van der Waals surface area contributed by atoms with Crippen LogP contribution >= 0.6 is 11.3 Å². The van der Waals surface area contributed by atoms with E-state index in [1.54, 1.807) is 20.2 Å². The van der Waals surface area contributed by atoms with E-state index in [1.807, 2.05) is 12.1 Å². The predicted octanol–water partition coefficient (Wildman–Crippen LogP) is 2.29. The zero-order valence-corrected chi connectivity index (χ0v) is 18.8. The van der Waals surface area contributed by atoms with Crippen molar-refractivity contribution in [1.82, 2.24) is 14.5 Å². The van der Waals surface area contributed by atoms with Crippen LogP contribution in [0, 0.1) is 0 Å². The first-order valence-electron chi connectivity index (χ1n) is 9.76. The minimum atomic E-state index is -3.39. The number of anilines is 1.